The Kier molecular flexibility index (Phi) is 3.94. The van der Waals surface area contributed by atoms with E-state index in [0.29, 0.717) is 24.1 Å². The number of aromatic nitrogens is 2. The Morgan fingerprint density at radius 3 is 2.83 bits per heavy atom. The van der Waals surface area contributed by atoms with Gasteiger partial charge >= 0.3 is 5.97 Å². The minimum atomic E-state index is -0.253. The molecule has 1 unspecified atom stereocenters. The maximum absolute atomic E-state index is 11.8. The molecule has 0 N–H and O–H groups in total. The number of hydrogen-bond donors (Lipinski definition) is 0. The Morgan fingerprint density at radius 1 is 1.48 bits per heavy atom. The van der Waals surface area contributed by atoms with E-state index < -0.39 is 0 Å². The van der Waals surface area contributed by atoms with Crippen LogP contribution in [0.15, 0.2) is 11.0 Å². The molecule has 6 nitrogen and oxygen atoms in total. The molecule has 1 aromatic heterocycles. The molecule has 3 rings (SSSR count). The van der Waals surface area contributed by atoms with Crippen molar-refractivity contribution in [3.05, 3.63) is 22.1 Å². The van der Waals surface area contributed by atoms with Crippen LogP contribution >= 0.6 is 0 Å². The molecular formula is C17H24N2O4. The molecule has 4 atom stereocenters. The molecule has 0 radical (unpaired) electrons. The summed E-state index contributed by atoms with van der Waals surface area (Å²) in [6.45, 7) is 7.71. The van der Waals surface area contributed by atoms with Crippen LogP contribution in [0.5, 0.6) is 6.01 Å². The van der Waals surface area contributed by atoms with E-state index in [1.54, 1.807) is 6.92 Å². The first kappa shape index (κ1) is 16.0. The Hall–Kier alpha value is -1.85. The molecule has 2 aliphatic rings. The van der Waals surface area contributed by atoms with E-state index >= 15 is 0 Å². The van der Waals surface area contributed by atoms with Crippen LogP contribution in [0.2, 0.25) is 0 Å². The van der Waals surface area contributed by atoms with Crippen LogP contribution < -0.4 is 10.3 Å². The number of hydrogen-bond acceptors (Lipinski definition) is 5. The fraction of sp³-hybridized carbons (Fsp3) is 0.706. The van der Waals surface area contributed by atoms with Crippen molar-refractivity contribution in [1.82, 2.24) is 9.55 Å². The number of ether oxygens (including phenoxy) is 2. The zero-order valence-electron chi connectivity index (χ0n) is 14.2. The summed E-state index contributed by atoms with van der Waals surface area (Å²) in [7, 11) is 0. The summed E-state index contributed by atoms with van der Waals surface area (Å²) in [5.74, 6) is 0.216. The van der Waals surface area contributed by atoms with Crippen LogP contribution in [0, 0.1) is 18.3 Å². The predicted molar refractivity (Wildman–Crippen MR) is 84.4 cm³/mol. The molecule has 1 heterocycles. The maximum Gasteiger partial charge on any atom is 0.302 e. The average Bonchev–Trinajstić information content (AvgIpc) is 3.16. The van der Waals surface area contributed by atoms with Gasteiger partial charge in [0.1, 0.15) is 6.10 Å². The van der Waals surface area contributed by atoms with Crippen molar-refractivity contribution < 1.29 is 14.3 Å². The first-order valence-electron chi connectivity index (χ1n) is 8.32. The number of carbonyl (C=O) groups excluding carboxylic acids is 1. The number of fused-ring (bicyclic) bond motifs is 1. The molecule has 6 heteroatoms. The van der Waals surface area contributed by atoms with Gasteiger partial charge in [0.15, 0.2) is 0 Å². The lowest BCUT2D eigenvalue weighted by atomic mass is 9.97. The monoisotopic (exact) mass is 320 g/mol. The molecule has 2 aliphatic carbocycles. The van der Waals surface area contributed by atoms with Crippen LogP contribution in [-0.2, 0) is 9.53 Å². The van der Waals surface area contributed by atoms with Crippen molar-refractivity contribution in [2.45, 2.75) is 59.1 Å². The summed E-state index contributed by atoms with van der Waals surface area (Å²) in [6, 6.07) is 0.529. The minimum Gasteiger partial charge on any atom is -0.465 e. The highest BCUT2D eigenvalue weighted by molar-refractivity contribution is 5.66. The number of esters is 1. The van der Waals surface area contributed by atoms with Gasteiger partial charge in [-0.25, -0.2) is 0 Å². The molecule has 2 fully saturated rings. The molecule has 0 amide bonds. The fourth-order valence-corrected chi connectivity index (χ4v) is 4.19. The van der Waals surface area contributed by atoms with Gasteiger partial charge < -0.3 is 9.47 Å². The van der Waals surface area contributed by atoms with Gasteiger partial charge in [-0.3, -0.25) is 14.2 Å². The SMILES string of the molecule is CCOc1nc(=O)c(C)cn1[C@H]1CC(OC(C)=O)[C@]2(CC)C[C@H]12. The molecule has 0 saturated heterocycles. The second-order valence-electron chi connectivity index (χ2n) is 6.65. The van der Waals surface area contributed by atoms with Gasteiger partial charge in [0, 0.05) is 36.6 Å². The van der Waals surface area contributed by atoms with Gasteiger partial charge in [-0.05, 0) is 32.6 Å². The highest BCUT2D eigenvalue weighted by Gasteiger charge is 2.68. The largest absolute Gasteiger partial charge is 0.465 e. The lowest BCUT2D eigenvalue weighted by molar-refractivity contribution is -0.149. The molecular weight excluding hydrogens is 296 g/mol. The second-order valence-corrected chi connectivity index (χ2v) is 6.65. The minimum absolute atomic E-state index is 0.0609. The molecule has 0 bridgehead atoms. The van der Waals surface area contributed by atoms with Gasteiger partial charge in [0.05, 0.1) is 6.61 Å². The first-order chi connectivity index (χ1) is 10.9. The van der Waals surface area contributed by atoms with Crippen LogP contribution in [0.1, 0.15) is 51.6 Å². The molecule has 0 spiro atoms. The number of nitrogens with zero attached hydrogens (tertiary/aromatic N) is 2. The van der Waals surface area contributed by atoms with Gasteiger partial charge in [-0.2, -0.15) is 4.98 Å². The van der Waals surface area contributed by atoms with Crippen molar-refractivity contribution >= 4 is 5.97 Å². The second kappa shape index (κ2) is 5.65. The number of carbonyl (C=O) groups is 1. The van der Waals surface area contributed by atoms with Gasteiger partial charge in [-0.1, -0.05) is 6.92 Å². The van der Waals surface area contributed by atoms with E-state index in [2.05, 4.69) is 11.9 Å². The van der Waals surface area contributed by atoms with E-state index in [4.69, 9.17) is 9.47 Å². The summed E-state index contributed by atoms with van der Waals surface area (Å²) >= 11 is 0. The van der Waals surface area contributed by atoms with E-state index in [0.717, 1.165) is 19.3 Å². The highest BCUT2D eigenvalue weighted by Crippen LogP contribution is 2.70. The third kappa shape index (κ3) is 2.54. The van der Waals surface area contributed by atoms with Crippen LogP contribution in [0.3, 0.4) is 0 Å². The molecule has 0 aromatic carbocycles. The molecule has 23 heavy (non-hydrogen) atoms. The third-order valence-electron chi connectivity index (χ3n) is 5.42. The smallest absolute Gasteiger partial charge is 0.302 e. The Bertz CT molecular complexity index is 684. The van der Waals surface area contributed by atoms with Gasteiger partial charge in [0.25, 0.3) is 11.6 Å². The standard InChI is InChI=1S/C17H24N2O4/c1-5-17-8-12(17)13(7-14(17)23-11(4)20)19-9-10(3)15(21)18-16(19)22-6-2/h9,12-14H,5-8H2,1-4H3/t12-,13+,14?,17-/m1/s1. The molecule has 1 aromatic rings. The lowest BCUT2D eigenvalue weighted by Crippen LogP contribution is -2.25. The Balaban J connectivity index is 1.96. The normalized spacial score (nSPS) is 31.6. The van der Waals surface area contributed by atoms with Crippen LogP contribution in [-0.4, -0.2) is 28.2 Å². The van der Waals surface area contributed by atoms with Crippen LogP contribution in [0.25, 0.3) is 0 Å². The lowest BCUT2D eigenvalue weighted by Gasteiger charge is -2.23. The molecule has 2 saturated carbocycles. The number of rotatable bonds is 5. The van der Waals surface area contributed by atoms with Gasteiger partial charge in [-0.15, -0.1) is 0 Å². The molecule has 0 aliphatic heterocycles. The third-order valence-corrected chi connectivity index (χ3v) is 5.42. The van der Waals surface area contributed by atoms with E-state index in [-0.39, 0.29) is 29.1 Å². The highest BCUT2D eigenvalue weighted by atomic mass is 16.5. The summed E-state index contributed by atoms with van der Waals surface area (Å²) < 4.78 is 13.1. The van der Waals surface area contributed by atoms with Crippen LogP contribution in [0.4, 0.5) is 0 Å². The van der Waals surface area contributed by atoms with Crippen molar-refractivity contribution in [2.75, 3.05) is 6.61 Å². The van der Waals surface area contributed by atoms with E-state index in [9.17, 15) is 9.59 Å². The fourth-order valence-electron chi connectivity index (χ4n) is 4.19. The first-order valence-corrected chi connectivity index (χ1v) is 8.32. The van der Waals surface area contributed by atoms with Crippen molar-refractivity contribution in [1.29, 1.82) is 0 Å². The van der Waals surface area contributed by atoms with Crippen molar-refractivity contribution in [3.8, 4) is 6.01 Å². The predicted octanol–water partition coefficient (Wildman–Crippen LogP) is 2.24. The molecule has 126 valence electrons. The number of aryl methyl sites for hydroxylation is 1. The topological polar surface area (TPSA) is 70.4 Å². The van der Waals surface area contributed by atoms with E-state index in [1.165, 1.54) is 6.92 Å². The van der Waals surface area contributed by atoms with Crippen molar-refractivity contribution in [3.63, 3.8) is 0 Å². The average molecular weight is 320 g/mol. The summed E-state index contributed by atoms with van der Waals surface area (Å²) in [6.07, 6.45) is 4.56. The van der Waals surface area contributed by atoms with Gasteiger partial charge in [0.2, 0.25) is 0 Å². The van der Waals surface area contributed by atoms with E-state index in [1.807, 2.05) is 17.7 Å². The zero-order chi connectivity index (χ0) is 16.8. The summed E-state index contributed by atoms with van der Waals surface area (Å²) in [4.78, 5) is 27.3. The summed E-state index contributed by atoms with van der Waals surface area (Å²) in [5, 5.41) is 0. The Morgan fingerprint density at radius 2 is 2.22 bits per heavy atom. The Labute approximate surface area is 135 Å². The quantitative estimate of drug-likeness (QED) is 0.778. The summed E-state index contributed by atoms with van der Waals surface area (Å²) in [5.41, 5.74) is 0.431. The van der Waals surface area contributed by atoms with Crippen molar-refractivity contribution in [2.24, 2.45) is 11.3 Å². The maximum atomic E-state index is 11.8. The zero-order valence-corrected chi connectivity index (χ0v) is 14.2.